The van der Waals surface area contributed by atoms with Gasteiger partial charge in [0.2, 0.25) is 11.8 Å². The maximum atomic E-state index is 12.3. The van der Waals surface area contributed by atoms with E-state index in [2.05, 4.69) is 5.32 Å². The minimum absolute atomic E-state index is 0.191. The molecule has 1 heterocycles. The molecule has 0 unspecified atom stereocenters. The number of hydrogen-bond acceptors (Lipinski definition) is 5. The maximum absolute atomic E-state index is 12.3. The molecule has 2 aromatic rings. The van der Waals surface area contributed by atoms with Gasteiger partial charge in [-0.2, -0.15) is 0 Å². The molecule has 3 rings (SSSR count). The Labute approximate surface area is 162 Å². The third kappa shape index (κ3) is 4.25. The van der Waals surface area contributed by atoms with Gasteiger partial charge in [-0.3, -0.25) is 19.3 Å². The van der Waals surface area contributed by atoms with E-state index in [0.717, 1.165) is 10.5 Å². The molecule has 1 aliphatic rings. The summed E-state index contributed by atoms with van der Waals surface area (Å²) >= 11 is 0. The predicted octanol–water partition coefficient (Wildman–Crippen LogP) is 2.83. The number of hydrogen-bond donors (Lipinski definition) is 1. The van der Waals surface area contributed by atoms with E-state index < -0.39 is 18.0 Å². The zero-order chi connectivity index (χ0) is 20.3. The van der Waals surface area contributed by atoms with Crippen LogP contribution in [-0.4, -0.2) is 29.8 Å². The number of amides is 3. The number of nitrogens with zero attached hydrogens (tertiary/aromatic N) is 1. The molecular weight excluding hydrogens is 360 g/mol. The van der Waals surface area contributed by atoms with Gasteiger partial charge in [-0.15, -0.1) is 0 Å². The van der Waals surface area contributed by atoms with Crippen LogP contribution in [0, 0.1) is 6.92 Å². The van der Waals surface area contributed by atoms with Crippen molar-refractivity contribution in [1.29, 1.82) is 0 Å². The van der Waals surface area contributed by atoms with Gasteiger partial charge in [0.05, 0.1) is 11.3 Å². The van der Waals surface area contributed by atoms with Crippen molar-refractivity contribution in [2.45, 2.75) is 32.8 Å². The number of carbonyl (C=O) groups is 4. The molecular formula is C21H20N2O5. The quantitative estimate of drug-likeness (QED) is 0.636. The summed E-state index contributed by atoms with van der Waals surface area (Å²) < 4.78 is 5.21. The van der Waals surface area contributed by atoms with Gasteiger partial charge in [0.25, 0.3) is 5.91 Å². The molecule has 28 heavy (non-hydrogen) atoms. The van der Waals surface area contributed by atoms with Gasteiger partial charge in [0.15, 0.2) is 6.10 Å². The normalized spacial score (nSPS) is 14.7. The highest BCUT2D eigenvalue weighted by Crippen LogP contribution is 2.23. The summed E-state index contributed by atoms with van der Waals surface area (Å²) in [6.07, 6.45) is -0.610. The van der Waals surface area contributed by atoms with E-state index in [1.807, 2.05) is 25.1 Å². The molecule has 1 N–H and O–H groups in total. The first kappa shape index (κ1) is 19.3. The molecule has 1 aliphatic heterocycles. The number of carbonyl (C=O) groups excluding carboxylic acids is 4. The molecule has 2 aromatic carbocycles. The van der Waals surface area contributed by atoms with Crippen LogP contribution < -0.4 is 10.2 Å². The lowest BCUT2D eigenvalue weighted by Crippen LogP contribution is -2.30. The topological polar surface area (TPSA) is 92.8 Å². The van der Waals surface area contributed by atoms with Crippen molar-refractivity contribution < 1.29 is 23.9 Å². The van der Waals surface area contributed by atoms with Crippen molar-refractivity contribution in [2.24, 2.45) is 0 Å². The highest BCUT2D eigenvalue weighted by atomic mass is 16.5. The SMILES string of the molecule is Cc1cccc(NC(=O)[C@H](C)OC(=O)c2ccc(N3C(=O)CCC3=O)cc2)c1. The fraction of sp³-hybridized carbons (Fsp3) is 0.238. The second-order valence-electron chi connectivity index (χ2n) is 6.58. The molecule has 0 aromatic heterocycles. The Morgan fingerprint density at radius 3 is 2.29 bits per heavy atom. The summed E-state index contributed by atoms with van der Waals surface area (Å²) in [4.78, 5) is 49.1. The van der Waals surface area contributed by atoms with Crippen LogP contribution in [0.25, 0.3) is 0 Å². The summed E-state index contributed by atoms with van der Waals surface area (Å²) in [6.45, 7) is 3.39. The molecule has 0 radical (unpaired) electrons. The van der Waals surface area contributed by atoms with Crippen LogP contribution in [0.1, 0.15) is 35.7 Å². The van der Waals surface area contributed by atoms with E-state index in [1.54, 1.807) is 6.07 Å². The van der Waals surface area contributed by atoms with Crippen LogP contribution >= 0.6 is 0 Å². The van der Waals surface area contributed by atoms with Gasteiger partial charge in [-0.1, -0.05) is 12.1 Å². The lowest BCUT2D eigenvalue weighted by molar-refractivity contribution is -0.124. The van der Waals surface area contributed by atoms with Gasteiger partial charge < -0.3 is 10.1 Å². The second kappa shape index (κ2) is 8.04. The zero-order valence-corrected chi connectivity index (χ0v) is 15.6. The molecule has 3 amide bonds. The fourth-order valence-electron chi connectivity index (χ4n) is 2.86. The van der Waals surface area contributed by atoms with Crippen molar-refractivity contribution in [3.8, 4) is 0 Å². The smallest absolute Gasteiger partial charge is 0.338 e. The van der Waals surface area contributed by atoms with Crippen LogP contribution in [0.5, 0.6) is 0 Å². The summed E-state index contributed by atoms with van der Waals surface area (Å²) in [5, 5.41) is 2.70. The molecule has 144 valence electrons. The molecule has 7 nitrogen and oxygen atoms in total. The molecule has 1 saturated heterocycles. The number of ether oxygens (including phenoxy) is 1. The lowest BCUT2D eigenvalue weighted by atomic mass is 10.2. The summed E-state index contributed by atoms with van der Waals surface area (Å²) in [5.74, 6) is -1.63. The summed E-state index contributed by atoms with van der Waals surface area (Å²) in [6, 6.07) is 13.2. The predicted molar refractivity (Wildman–Crippen MR) is 103 cm³/mol. The third-order valence-corrected chi connectivity index (χ3v) is 4.35. The standard InChI is InChI=1S/C21H20N2O5/c1-13-4-3-5-16(12-13)22-20(26)14(2)28-21(27)15-6-8-17(9-7-15)23-18(24)10-11-19(23)25/h3-9,12,14H,10-11H2,1-2H3,(H,22,26)/t14-/m0/s1. The lowest BCUT2D eigenvalue weighted by Gasteiger charge is -2.15. The molecule has 7 heteroatoms. The number of esters is 1. The van der Waals surface area contributed by atoms with E-state index in [0.29, 0.717) is 11.4 Å². The first-order valence-corrected chi connectivity index (χ1v) is 8.89. The Morgan fingerprint density at radius 1 is 1.04 bits per heavy atom. The Balaban J connectivity index is 1.61. The minimum atomic E-state index is -0.991. The van der Waals surface area contributed by atoms with Crippen LogP contribution in [0.15, 0.2) is 48.5 Å². The number of nitrogens with one attached hydrogen (secondary N) is 1. The molecule has 0 bridgehead atoms. The second-order valence-corrected chi connectivity index (χ2v) is 6.58. The van der Waals surface area contributed by atoms with E-state index in [9.17, 15) is 19.2 Å². The van der Waals surface area contributed by atoms with E-state index >= 15 is 0 Å². The number of imide groups is 1. The van der Waals surface area contributed by atoms with Crippen molar-refractivity contribution in [2.75, 3.05) is 10.2 Å². The molecule has 0 saturated carbocycles. The minimum Gasteiger partial charge on any atom is -0.449 e. The molecule has 1 atom stereocenters. The summed E-state index contributed by atoms with van der Waals surface area (Å²) in [7, 11) is 0. The Bertz CT molecular complexity index is 920. The highest BCUT2D eigenvalue weighted by Gasteiger charge is 2.30. The van der Waals surface area contributed by atoms with Crippen LogP contribution in [0.2, 0.25) is 0 Å². The maximum Gasteiger partial charge on any atom is 0.338 e. The number of aryl methyl sites for hydroxylation is 1. The Kier molecular flexibility index (Phi) is 5.54. The van der Waals surface area contributed by atoms with Crippen LogP contribution in [0.4, 0.5) is 11.4 Å². The van der Waals surface area contributed by atoms with Crippen LogP contribution in [-0.2, 0) is 19.1 Å². The van der Waals surface area contributed by atoms with Gasteiger partial charge in [-0.05, 0) is 55.8 Å². The Morgan fingerprint density at radius 2 is 1.68 bits per heavy atom. The largest absolute Gasteiger partial charge is 0.449 e. The average molecular weight is 380 g/mol. The molecule has 1 fully saturated rings. The van der Waals surface area contributed by atoms with Gasteiger partial charge in [-0.25, -0.2) is 4.79 Å². The van der Waals surface area contributed by atoms with Gasteiger partial charge in [0, 0.05) is 18.5 Å². The van der Waals surface area contributed by atoms with Crippen LogP contribution in [0.3, 0.4) is 0 Å². The van der Waals surface area contributed by atoms with E-state index in [-0.39, 0.29) is 30.2 Å². The average Bonchev–Trinajstić information content (AvgIpc) is 3.00. The molecule has 0 aliphatic carbocycles. The first-order valence-electron chi connectivity index (χ1n) is 8.89. The van der Waals surface area contributed by atoms with Gasteiger partial charge >= 0.3 is 5.97 Å². The van der Waals surface area contributed by atoms with Gasteiger partial charge in [0.1, 0.15) is 0 Å². The van der Waals surface area contributed by atoms with Crippen molar-refractivity contribution in [3.63, 3.8) is 0 Å². The van der Waals surface area contributed by atoms with E-state index in [1.165, 1.54) is 31.2 Å². The first-order chi connectivity index (χ1) is 13.3. The highest BCUT2D eigenvalue weighted by molar-refractivity contribution is 6.19. The third-order valence-electron chi connectivity index (χ3n) is 4.35. The van der Waals surface area contributed by atoms with Crippen molar-refractivity contribution in [1.82, 2.24) is 0 Å². The zero-order valence-electron chi connectivity index (χ0n) is 15.6. The van der Waals surface area contributed by atoms with Crippen molar-refractivity contribution in [3.05, 3.63) is 59.7 Å². The molecule has 0 spiro atoms. The fourth-order valence-corrected chi connectivity index (χ4v) is 2.86. The summed E-state index contributed by atoms with van der Waals surface area (Å²) in [5.41, 5.74) is 2.25. The number of anilines is 2. The number of benzene rings is 2. The van der Waals surface area contributed by atoms with Crippen molar-refractivity contribution >= 4 is 35.1 Å². The monoisotopic (exact) mass is 380 g/mol. The Hall–Kier alpha value is -3.48. The number of rotatable bonds is 5. The van der Waals surface area contributed by atoms with E-state index in [4.69, 9.17) is 4.74 Å².